The van der Waals surface area contributed by atoms with Crippen molar-refractivity contribution in [2.45, 2.75) is 72.6 Å². The van der Waals surface area contributed by atoms with Crippen LogP contribution >= 0.6 is 0 Å². The number of rotatable bonds is 1. The Morgan fingerprint density at radius 3 is 1.29 bits per heavy atom. The Bertz CT molecular complexity index is 274. The molecule has 0 bridgehead atoms. The molecule has 0 radical (unpaired) electrons. The van der Waals surface area contributed by atoms with Gasteiger partial charge in [-0.05, 0) is 34.7 Å². The molecular formula is C15H31NO. The molecule has 1 heterocycles. The number of piperidine rings is 1. The van der Waals surface area contributed by atoms with E-state index < -0.39 is 0 Å². The summed E-state index contributed by atoms with van der Waals surface area (Å²) in [7, 11) is 4.10. The highest BCUT2D eigenvalue weighted by molar-refractivity contribution is 5.16. The average molecular weight is 241 g/mol. The van der Waals surface area contributed by atoms with Gasteiger partial charge in [0.05, 0.1) is 6.10 Å². The number of hydrogen-bond acceptors (Lipinski definition) is 2. The highest BCUT2D eigenvalue weighted by Gasteiger charge is 2.63. The molecule has 1 aliphatic heterocycles. The van der Waals surface area contributed by atoms with Gasteiger partial charge in [-0.15, -0.1) is 0 Å². The van der Waals surface area contributed by atoms with Crippen LogP contribution in [-0.2, 0) is 4.74 Å². The third-order valence-corrected chi connectivity index (χ3v) is 6.38. The number of methoxy groups -OCH3 is 1. The van der Waals surface area contributed by atoms with E-state index in [2.05, 4.69) is 67.3 Å². The van der Waals surface area contributed by atoms with Crippen LogP contribution in [0.4, 0.5) is 0 Å². The Hall–Kier alpha value is -0.0800. The lowest BCUT2D eigenvalue weighted by Gasteiger charge is -2.68. The second kappa shape index (κ2) is 3.71. The van der Waals surface area contributed by atoms with E-state index in [4.69, 9.17) is 4.74 Å². The van der Waals surface area contributed by atoms with Gasteiger partial charge in [0.25, 0.3) is 0 Å². The Kier molecular flexibility index (Phi) is 3.27. The van der Waals surface area contributed by atoms with Crippen molar-refractivity contribution in [3.05, 3.63) is 0 Å². The van der Waals surface area contributed by atoms with E-state index >= 15 is 0 Å². The molecule has 0 N–H and O–H groups in total. The van der Waals surface area contributed by atoms with Crippen molar-refractivity contribution >= 4 is 0 Å². The monoisotopic (exact) mass is 241 g/mol. The molecule has 102 valence electrons. The summed E-state index contributed by atoms with van der Waals surface area (Å²) >= 11 is 0. The summed E-state index contributed by atoms with van der Waals surface area (Å²) in [5, 5.41) is 0. The van der Waals surface area contributed by atoms with Crippen molar-refractivity contribution in [1.82, 2.24) is 4.90 Å². The van der Waals surface area contributed by atoms with Crippen LogP contribution in [-0.4, -0.2) is 36.2 Å². The molecule has 0 amide bonds. The fraction of sp³-hybridized carbons (Fsp3) is 1.00. The van der Waals surface area contributed by atoms with Gasteiger partial charge < -0.3 is 4.74 Å². The van der Waals surface area contributed by atoms with Crippen molar-refractivity contribution in [2.75, 3.05) is 14.2 Å². The zero-order valence-electron chi connectivity index (χ0n) is 13.4. The summed E-state index contributed by atoms with van der Waals surface area (Å²) in [5.41, 5.74) is 0.421. The lowest BCUT2D eigenvalue weighted by molar-refractivity contribution is -0.236. The van der Waals surface area contributed by atoms with E-state index in [1.165, 1.54) is 0 Å². The van der Waals surface area contributed by atoms with Crippen molar-refractivity contribution in [1.29, 1.82) is 0 Å². The maximum Gasteiger partial charge on any atom is 0.0708 e. The van der Waals surface area contributed by atoms with Crippen LogP contribution in [0.2, 0.25) is 0 Å². The summed E-state index contributed by atoms with van der Waals surface area (Å²) in [5.74, 6) is 0. The molecule has 0 saturated carbocycles. The van der Waals surface area contributed by atoms with E-state index in [9.17, 15) is 0 Å². The van der Waals surface area contributed by atoms with Crippen LogP contribution in [0.1, 0.15) is 55.4 Å². The summed E-state index contributed by atoms with van der Waals surface area (Å²) in [6.45, 7) is 18.6. The van der Waals surface area contributed by atoms with Gasteiger partial charge >= 0.3 is 0 Å². The summed E-state index contributed by atoms with van der Waals surface area (Å²) in [6, 6.07) is 0. The standard InChI is InChI=1S/C15H31NO/c1-12(2)11(17-10)13(3,4)15(7,8)16(9)14(12,5)6/h11H,1-10H3. The zero-order chi connectivity index (χ0) is 13.9. The number of nitrogens with zero attached hydrogens (tertiary/aromatic N) is 1. The Labute approximate surface area is 108 Å². The van der Waals surface area contributed by atoms with Crippen molar-refractivity contribution in [3.63, 3.8) is 0 Å². The third kappa shape index (κ3) is 1.60. The van der Waals surface area contributed by atoms with Crippen LogP contribution in [0.25, 0.3) is 0 Å². The summed E-state index contributed by atoms with van der Waals surface area (Å²) in [6.07, 6.45) is 0.246. The lowest BCUT2D eigenvalue weighted by Crippen LogP contribution is -2.76. The van der Waals surface area contributed by atoms with Crippen molar-refractivity contribution < 1.29 is 4.74 Å². The first kappa shape index (κ1) is 15.0. The van der Waals surface area contributed by atoms with E-state index in [1.807, 2.05) is 7.11 Å². The fourth-order valence-electron chi connectivity index (χ4n) is 3.70. The normalized spacial score (nSPS) is 31.4. The predicted molar refractivity (Wildman–Crippen MR) is 74.3 cm³/mol. The molecule has 1 saturated heterocycles. The van der Waals surface area contributed by atoms with E-state index in [0.717, 1.165) is 0 Å². The van der Waals surface area contributed by atoms with Gasteiger partial charge in [-0.3, -0.25) is 4.90 Å². The second-order valence-corrected chi connectivity index (χ2v) is 7.74. The fourth-order valence-corrected chi connectivity index (χ4v) is 3.70. The molecule has 1 aliphatic rings. The van der Waals surface area contributed by atoms with E-state index in [1.54, 1.807) is 0 Å². The minimum absolute atomic E-state index is 0.104. The third-order valence-electron chi connectivity index (χ3n) is 6.38. The van der Waals surface area contributed by atoms with Gasteiger partial charge in [-0.2, -0.15) is 0 Å². The van der Waals surface area contributed by atoms with Gasteiger partial charge in [0.15, 0.2) is 0 Å². The Morgan fingerprint density at radius 2 is 1.06 bits per heavy atom. The first-order chi connectivity index (χ1) is 7.35. The molecule has 0 unspecified atom stereocenters. The van der Waals surface area contributed by atoms with Gasteiger partial charge in [0.1, 0.15) is 0 Å². The average Bonchev–Trinajstić information content (AvgIpc) is 2.14. The number of hydrogen-bond donors (Lipinski definition) is 0. The quantitative estimate of drug-likeness (QED) is 0.696. The molecule has 1 fully saturated rings. The van der Waals surface area contributed by atoms with Gasteiger partial charge in [0, 0.05) is 29.0 Å². The largest absolute Gasteiger partial charge is 0.380 e. The maximum atomic E-state index is 5.91. The van der Waals surface area contributed by atoms with Crippen LogP contribution in [0.5, 0.6) is 0 Å². The first-order valence-corrected chi connectivity index (χ1v) is 6.62. The molecule has 1 rings (SSSR count). The molecular weight excluding hydrogens is 210 g/mol. The van der Waals surface area contributed by atoms with Crippen LogP contribution in [0, 0.1) is 10.8 Å². The van der Waals surface area contributed by atoms with Gasteiger partial charge in [-0.1, -0.05) is 27.7 Å². The van der Waals surface area contributed by atoms with E-state index in [-0.39, 0.29) is 28.0 Å². The minimum Gasteiger partial charge on any atom is -0.380 e. The molecule has 0 atom stereocenters. The SMILES string of the molecule is COC1C(C)(C)C(C)(C)N(C)C(C)(C)C1(C)C. The molecule has 17 heavy (non-hydrogen) atoms. The van der Waals surface area contributed by atoms with Crippen LogP contribution in [0.15, 0.2) is 0 Å². The topological polar surface area (TPSA) is 12.5 Å². The molecule has 0 aliphatic carbocycles. The number of ether oxygens (including phenoxy) is 1. The van der Waals surface area contributed by atoms with Gasteiger partial charge in [0.2, 0.25) is 0 Å². The highest BCUT2D eigenvalue weighted by Crippen LogP contribution is 2.57. The van der Waals surface area contributed by atoms with Gasteiger partial charge in [-0.25, -0.2) is 0 Å². The zero-order valence-corrected chi connectivity index (χ0v) is 13.4. The maximum absolute atomic E-state index is 5.91. The summed E-state index contributed by atoms with van der Waals surface area (Å²) in [4.78, 5) is 2.52. The number of likely N-dealkylation sites (tertiary alicyclic amines) is 1. The molecule has 2 heteroatoms. The molecule has 0 aromatic heterocycles. The smallest absolute Gasteiger partial charge is 0.0708 e. The van der Waals surface area contributed by atoms with Crippen LogP contribution < -0.4 is 0 Å². The molecule has 2 nitrogen and oxygen atoms in total. The lowest BCUT2D eigenvalue weighted by atomic mass is 9.52. The Balaban J connectivity index is 3.43. The summed E-state index contributed by atoms with van der Waals surface area (Å²) < 4.78 is 5.91. The molecule has 0 aromatic carbocycles. The first-order valence-electron chi connectivity index (χ1n) is 6.62. The Morgan fingerprint density at radius 1 is 0.765 bits per heavy atom. The van der Waals surface area contributed by atoms with E-state index in [0.29, 0.717) is 0 Å². The predicted octanol–water partition coefficient (Wildman–Crippen LogP) is 3.56. The van der Waals surface area contributed by atoms with Crippen molar-refractivity contribution in [3.8, 4) is 0 Å². The molecule has 0 aromatic rings. The second-order valence-electron chi connectivity index (χ2n) is 7.74. The molecule has 0 spiro atoms. The van der Waals surface area contributed by atoms with Crippen molar-refractivity contribution in [2.24, 2.45) is 10.8 Å². The highest BCUT2D eigenvalue weighted by atomic mass is 16.5. The minimum atomic E-state index is 0.104. The van der Waals surface area contributed by atoms with Crippen LogP contribution in [0.3, 0.4) is 0 Å².